The molecule has 0 radical (unpaired) electrons. The summed E-state index contributed by atoms with van der Waals surface area (Å²) >= 11 is 0. The fourth-order valence-corrected chi connectivity index (χ4v) is 4.01. The molecular weight excluding hydrogens is 428 g/mol. The Hall–Kier alpha value is -2.82. The molecule has 0 spiro atoms. The molecule has 34 heavy (non-hydrogen) atoms. The minimum Gasteiger partial charge on any atom is -0.494 e. The Morgan fingerprint density at radius 1 is 0.735 bits per heavy atom. The quantitative estimate of drug-likeness (QED) is 0.164. The number of carbonyl (C=O) groups is 2. The van der Waals surface area contributed by atoms with E-state index in [2.05, 4.69) is 6.92 Å². The molecule has 0 atom stereocenters. The van der Waals surface area contributed by atoms with Crippen molar-refractivity contribution in [1.29, 1.82) is 0 Å². The molecule has 0 N–H and O–H groups in total. The molecule has 0 heterocycles. The zero-order valence-electron chi connectivity index (χ0n) is 21.0. The van der Waals surface area contributed by atoms with Gasteiger partial charge in [0.25, 0.3) is 0 Å². The van der Waals surface area contributed by atoms with E-state index in [0.717, 1.165) is 29.9 Å². The van der Waals surface area contributed by atoms with Crippen LogP contribution in [-0.4, -0.2) is 31.8 Å². The van der Waals surface area contributed by atoms with Gasteiger partial charge in [0.2, 0.25) is 0 Å². The van der Waals surface area contributed by atoms with Crippen molar-refractivity contribution in [3.05, 3.63) is 65.7 Å². The molecule has 2 rings (SSSR count). The van der Waals surface area contributed by atoms with E-state index in [1.165, 1.54) is 25.7 Å². The lowest BCUT2D eigenvalue weighted by Gasteiger charge is -2.29. The Morgan fingerprint density at radius 3 is 1.94 bits per heavy atom. The average Bonchev–Trinajstić information content (AvgIpc) is 2.85. The van der Waals surface area contributed by atoms with Gasteiger partial charge >= 0.3 is 11.9 Å². The number of carbonyl (C=O) groups excluding carboxylic acids is 2. The summed E-state index contributed by atoms with van der Waals surface area (Å²) in [5, 5.41) is 0. The minimum atomic E-state index is -1.39. The van der Waals surface area contributed by atoms with Crippen molar-refractivity contribution in [2.45, 2.75) is 72.1 Å². The third kappa shape index (κ3) is 8.51. The molecule has 0 aliphatic rings. The highest BCUT2D eigenvalue weighted by Gasteiger charge is 2.48. The number of aryl methyl sites for hydroxylation is 1. The van der Waals surface area contributed by atoms with Gasteiger partial charge in [-0.15, -0.1) is 0 Å². The molecular formula is C29H40O5. The highest BCUT2D eigenvalue weighted by Crippen LogP contribution is 2.33. The minimum absolute atomic E-state index is 0.208. The van der Waals surface area contributed by atoms with Crippen molar-refractivity contribution in [3.8, 4) is 5.75 Å². The molecule has 0 amide bonds. The average molecular weight is 469 g/mol. The van der Waals surface area contributed by atoms with Gasteiger partial charge in [-0.2, -0.15) is 0 Å². The van der Waals surface area contributed by atoms with Gasteiger partial charge in [-0.3, -0.25) is 9.59 Å². The highest BCUT2D eigenvalue weighted by molar-refractivity contribution is 6.00. The molecule has 0 saturated heterocycles. The number of benzene rings is 2. The maximum atomic E-state index is 13.1. The molecule has 5 heteroatoms. The highest BCUT2D eigenvalue weighted by atomic mass is 16.6. The van der Waals surface area contributed by atoms with E-state index < -0.39 is 17.4 Å². The first-order valence-corrected chi connectivity index (χ1v) is 12.7. The van der Waals surface area contributed by atoms with E-state index >= 15 is 0 Å². The summed E-state index contributed by atoms with van der Waals surface area (Å²) in [6.45, 7) is 6.84. The molecule has 0 unspecified atom stereocenters. The second-order valence-corrected chi connectivity index (χ2v) is 8.59. The third-order valence-corrected chi connectivity index (χ3v) is 5.96. The van der Waals surface area contributed by atoms with Gasteiger partial charge < -0.3 is 14.2 Å². The molecule has 0 aromatic heterocycles. The molecule has 186 valence electrons. The van der Waals surface area contributed by atoms with Crippen LogP contribution in [0, 0.1) is 5.41 Å². The topological polar surface area (TPSA) is 61.8 Å². The van der Waals surface area contributed by atoms with Crippen LogP contribution in [0.5, 0.6) is 5.75 Å². The SMILES string of the molecule is CCCCCCCOc1ccc(CCC(Cc2ccccc2)(C(=O)OCC)C(=O)OCC)cc1. The van der Waals surface area contributed by atoms with Crippen LogP contribution in [0.2, 0.25) is 0 Å². The van der Waals surface area contributed by atoms with Crippen LogP contribution in [0.25, 0.3) is 0 Å². The summed E-state index contributed by atoms with van der Waals surface area (Å²) in [7, 11) is 0. The van der Waals surface area contributed by atoms with Crippen molar-refractivity contribution in [1.82, 2.24) is 0 Å². The summed E-state index contributed by atoms with van der Waals surface area (Å²) in [5.41, 5.74) is 0.536. The summed E-state index contributed by atoms with van der Waals surface area (Å²) in [6.07, 6.45) is 7.10. The van der Waals surface area contributed by atoms with Crippen LogP contribution < -0.4 is 4.74 Å². The van der Waals surface area contributed by atoms with Crippen molar-refractivity contribution in [2.24, 2.45) is 5.41 Å². The van der Waals surface area contributed by atoms with E-state index in [9.17, 15) is 9.59 Å². The fourth-order valence-electron chi connectivity index (χ4n) is 4.01. The van der Waals surface area contributed by atoms with Crippen LogP contribution in [0.4, 0.5) is 0 Å². The maximum Gasteiger partial charge on any atom is 0.323 e. The second kappa shape index (κ2) is 15.2. The second-order valence-electron chi connectivity index (χ2n) is 8.59. The first kappa shape index (κ1) is 27.4. The van der Waals surface area contributed by atoms with Crippen LogP contribution in [0.15, 0.2) is 54.6 Å². The van der Waals surface area contributed by atoms with Gasteiger partial charge in [0, 0.05) is 0 Å². The van der Waals surface area contributed by atoms with Crippen LogP contribution >= 0.6 is 0 Å². The van der Waals surface area contributed by atoms with Crippen molar-refractivity contribution < 1.29 is 23.8 Å². The number of unbranched alkanes of at least 4 members (excludes halogenated alkanes) is 4. The van der Waals surface area contributed by atoms with E-state index in [1.54, 1.807) is 13.8 Å². The Bertz CT molecular complexity index is 827. The van der Waals surface area contributed by atoms with Crippen LogP contribution in [-0.2, 0) is 31.9 Å². The molecule has 2 aromatic carbocycles. The predicted octanol–water partition coefficient (Wildman–Crippen LogP) is 6.32. The monoisotopic (exact) mass is 468 g/mol. The Kier molecular flexibility index (Phi) is 12.2. The van der Waals surface area contributed by atoms with Gasteiger partial charge in [0.15, 0.2) is 5.41 Å². The smallest absolute Gasteiger partial charge is 0.323 e. The van der Waals surface area contributed by atoms with Gasteiger partial charge in [0.1, 0.15) is 5.75 Å². The van der Waals surface area contributed by atoms with Crippen LogP contribution in [0.3, 0.4) is 0 Å². The molecule has 0 aliphatic carbocycles. The number of hydrogen-bond acceptors (Lipinski definition) is 5. The number of ether oxygens (including phenoxy) is 3. The zero-order chi connectivity index (χ0) is 24.7. The van der Waals surface area contributed by atoms with Gasteiger partial charge in [-0.05, 0) is 62.8 Å². The van der Waals surface area contributed by atoms with Gasteiger partial charge in [0.05, 0.1) is 19.8 Å². The molecule has 2 aromatic rings. The first-order chi connectivity index (χ1) is 16.6. The zero-order valence-corrected chi connectivity index (χ0v) is 21.0. The molecule has 5 nitrogen and oxygen atoms in total. The summed E-state index contributed by atoms with van der Waals surface area (Å²) in [4.78, 5) is 26.3. The van der Waals surface area contributed by atoms with E-state index in [-0.39, 0.29) is 19.6 Å². The summed E-state index contributed by atoms with van der Waals surface area (Å²) < 4.78 is 16.6. The lowest BCUT2D eigenvalue weighted by molar-refractivity contribution is -0.172. The van der Waals surface area contributed by atoms with Crippen molar-refractivity contribution >= 4 is 11.9 Å². The third-order valence-electron chi connectivity index (χ3n) is 5.96. The lowest BCUT2D eigenvalue weighted by Crippen LogP contribution is -2.44. The molecule has 0 aliphatic heterocycles. The predicted molar refractivity (Wildman–Crippen MR) is 135 cm³/mol. The van der Waals surface area contributed by atoms with Gasteiger partial charge in [-0.25, -0.2) is 0 Å². The van der Waals surface area contributed by atoms with Crippen molar-refractivity contribution in [2.75, 3.05) is 19.8 Å². The largest absolute Gasteiger partial charge is 0.494 e. The van der Waals surface area contributed by atoms with E-state index in [4.69, 9.17) is 14.2 Å². The Labute approximate surface area is 204 Å². The normalized spacial score (nSPS) is 11.1. The number of hydrogen-bond donors (Lipinski definition) is 0. The van der Waals surface area contributed by atoms with E-state index in [1.807, 2.05) is 54.6 Å². The molecule has 0 saturated carbocycles. The fraction of sp³-hybridized carbons (Fsp3) is 0.517. The first-order valence-electron chi connectivity index (χ1n) is 12.7. The summed E-state index contributed by atoms with van der Waals surface area (Å²) in [5.74, 6) is -0.216. The standard InChI is InChI=1S/C29H40O5/c1-4-7-8-9-13-22-34-26-18-16-24(17-19-26)20-21-29(27(30)32-5-2,28(31)33-6-3)23-25-14-11-10-12-15-25/h10-12,14-19H,4-9,13,20-23H2,1-3H3. The number of rotatable bonds is 16. The number of esters is 2. The Balaban J connectivity index is 2.10. The maximum absolute atomic E-state index is 13.1. The lowest BCUT2D eigenvalue weighted by atomic mass is 9.76. The molecule has 0 fully saturated rings. The summed E-state index contributed by atoms with van der Waals surface area (Å²) in [6, 6.07) is 17.5. The van der Waals surface area contributed by atoms with Crippen LogP contribution in [0.1, 0.15) is 70.4 Å². The van der Waals surface area contributed by atoms with Gasteiger partial charge in [-0.1, -0.05) is 75.1 Å². The van der Waals surface area contributed by atoms with E-state index in [0.29, 0.717) is 12.8 Å². The Morgan fingerprint density at radius 2 is 1.35 bits per heavy atom. The molecule has 0 bridgehead atoms. The van der Waals surface area contributed by atoms with Crippen molar-refractivity contribution in [3.63, 3.8) is 0 Å².